The number of aromatic nitrogens is 2. The SMILES string of the molecule is COC(=O)c1cn(CCS(C)(=O)=O)c2cc(-c3ccc(OCc4c(-c5c(Cl)cccc5Cl)noc4C(C)C)cc3C)ccc12. The molecule has 0 radical (unpaired) electrons. The molecule has 2 heterocycles. The van der Waals surface area contributed by atoms with Crippen molar-refractivity contribution in [2.24, 2.45) is 0 Å². The Morgan fingerprint density at radius 1 is 1.07 bits per heavy atom. The van der Waals surface area contributed by atoms with E-state index in [1.165, 1.54) is 13.4 Å². The number of halogens is 2. The summed E-state index contributed by atoms with van der Waals surface area (Å²) >= 11 is 13.0. The predicted molar refractivity (Wildman–Crippen MR) is 174 cm³/mol. The largest absolute Gasteiger partial charge is 0.489 e. The lowest BCUT2D eigenvalue weighted by molar-refractivity contribution is 0.0602. The number of rotatable bonds is 10. The zero-order chi connectivity index (χ0) is 31.8. The normalized spacial score (nSPS) is 11.8. The van der Waals surface area contributed by atoms with Gasteiger partial charge in [0.1, 0.15) is 33.6 Å². The Bertz CT molecular complexity index is 1960. The number of nitrogens with zero attached hydrogens (tertiary/aromatic N) is 2. The molecule has 3 aromatic carbocycles. The molecule has 0 aliphatic rings. The van der Waals surface area contributed by atoms with Crippen LogP contribution in [-0.4, -0.2) is 43.2 Å². The molecular formula is C33H32Cl2N2O6S. The summed E-state index contributed by atoms with van der Waals surface area (Å²) in [5.74, 6) is 0.881. The summed E-state index contributed by atoms with van der Waals surface area (Å²) in [7, 11) is -1.89. The molecule has 0 amide bonds. The summed E-state index contributed by atoms with van der Waals surface area (Å²) in [6, 6.07) is 16.9. The van der Waals surface area contributed by atoms with E-state index >= 15 is 0 Å². The van der Waals surface area contributed by atoms with Crippen molar-refractivity contribution in [3.05, 3.63) is 93.3 Å². The second-order valence-electron chi connectivity index (χ2n) is 11.0. The molecule has 5 aromatic rings. The first kappa shape index (κ1) is 31.6. The van der Waals surface area contributed by atoms with E-state index in [-0.39, 0.29) is 24.8 Å². The fourth-order valence-corrected chi connectivity index (χ4v) is 6.33. The molecule has 230 valence electrons. The van der Waals surface area contributed by atoms with Crippen LogP contribution in [0.3, 0.4) is 0 Å². The fraction of sp³-hybridized carbons (Fsp3) is 0.273. The highest BCUT2D eigenvalue weighted by Gasteiger charge is 2.24. The number of benzene rings is 3. The topological polar surface area (TPSA) is 101 Å². The van der Waals surface area contributed by atoms with Crippen LogP contribution < -0.4 is 4.74 Å². The molecule has 11 heteroatoms. The van der Waals surface area contributed by atoms with Crippen LogP contribution in [0.1, 0.15) is 47.0 Å². The van der Waals surface area contributed by atoms with Crippen LogP contribution >= 0.6 is 23.2 Å². The van der Waals surface area contributed by atoms with Crippen molar-refractivity contribution in [2.75, 3.05) is 19.1 Å². The Balaban J connectivity index is 1.45. The number of sulfone groups is 1. The zero-order valence-corrected chi connectivity index (χ0v) is 27.3. The molecule has 0 spiro atoms. The third-order valence-corrected chi connectivity index (χ3v) is 8.98. The van der Waals surface area contributed by atoms with Gasteiger partial charge in [-0.2, -0.15) is 0 Å². The third-order valence-electron chi connectivity index (χ3n) is 7.43. The van der Waals surface area contributed by atoms with Gasteiger partial charge in [-0.15, -0.1) is 0 Å². The first-order chi connectivity index (χ1) is 20.9. The minimum Gasteiger partial charge on any atom is -0.489 e. The van der Waals surface area contributed by atoms with Crippen LogP contribution in [0, 0.1) is 6.92 Å². The van der Waals surface area contributed by atoms with Gasteiger partial charge in [0.15, 0.2) is 0 Å². The molecule has 44 heavy (non-hydrogen) atoms. The smallest absolute Gasteiger partial charge is 0.340 e. The van der Waals surface area contributed by atoms with Gasteiger partial charge >= 0.3 is 5.97 Å². The zero-order valence-electron chi connectivity index (χ0n) is 25.0. The van der Waals surface area contributed by atoms with Gasteiger partial charge in [0.05, 0.1) is 34.0 Å². The standard InChI is InChI=1S/C33H32Cl2N2O6S/c1-19(2)32-26(31(36-43-32)30-27(34)7-6-8-28(30)35)18-42-22-10-12-23(20(3)15-22)21-9-11-24-25(33(38)41-4)17-37(29(24)16-21)13-14-44(5,39)40/h6-12,15-17,19H,13-14,18H2,1-5H3. The number of hydrogen-bond donors (Lipinski definition) is 0. The Kier molecular flexibility index (Phi) is 9.11. The van der Waals surface area contributed by atoms with Gasteiger partial charge < -0.3 is 18.6 Å². The number of carbonyl (C=O) groups excluding carboxylic acids is 1. The Hall–Kier alpha value is -3.79. The Labute approximate surface area is 266 Å². The van der Waals surface area contributed by atoms with Gasteiger partial charge in [-0.1, -0.05) is 66.5 Å². The van der Waals surface area contributed by atoms with Crippen molar-refractivity contribution in [1.29, 1.82) is 0 Å². The van der Waals surface area contributed by atoms with E-state index in [1.807, 2.05) is 57.2 Å². The molecule has 0 atom stereocenters. The molecule has 0 aliphatic carbocycles. The lowest BCUT2D eigenvalue weighted by Crippen LogP contribution is -2.10. The van der Waals surface area contributed by atoms with Gasteiger partial charge in [0.2, 0.25) is 0 Å². The average molecular weight is 656 g/mol. The highest BCUT2D eigenvalue weighted by atomic mass is 35.5. The summed E-state index contributed by atoms with van der Waals surface area (Å²) < 4.78 is 42.4. The van der Waals surface area contributed by atoms with Crippen molar-refractivity contribution < 1.29 is 27.2 Å². The van der Waals surface area contributed by atoms with Crippen LogP contribution in [0.5, 0.6) is 5.75 Å². The maximum atomic E-state index is 12.4. The second kappa shape index (κ2) is 12.7. The van der Waals surface area contributed by atoms with Gasteiger partial charge in [0.25, 0.3) is 0 Å². The maximum Gasteiger partial charge on any atom is 0.340 e. The number of ether oxygens (including phenoxy) is 2. The van der Waals surface area contributed by atoms with Crippen LogP contribution in [0.2, 0.25) is 10.0 Å². The summed E-state index contributed by atoms with van der Waals surface area (Å²) in [5.41, 5.74) is 5.89. The monoisotopic (exact) mass is 654 g/mol. The molecule has 0 bridgehead atoms. The van der Waals surface area contributed by atoms with E-state index in [0.717, 1.165) is 27.8 Å². The summed E-state index contributed by atoms with van der Waals surface area (Å²) in [4.78, 5) is 12.4. The maximum absolute atomic E-state index is 12.4. The van der Waals surface area contributed by atoms with Crippen LogP contribution in [0.15, 0.2) is 65.3 Å². The summed E-state index contributed by atoms with van der Waals surface area (Å²) in [6.45, 7) is 6.43. The quantitative estimate of drug-likeness (QED) is 0.140. The number of methoxy groups -OCH3 is 1. The number of hydrogen-bond acceptors (Lipinski definition) is 7. The van der Waals surface area contributed by atoms with Crippen molar-refractivity contribution in [3.63, 3.8) is 0 Å². The highest BCUT2D eigenvalue weighted by Crippen LogP contribution is 2.39. The minimum absolute atomic E-state index is 0.0538. The van der Waals surface area contributed by atoms with E-state index in [9.17, 15) is 13.2 Å². The number of fused-ring (bicyclic) bond motifs is 1. The molecule has 0 unspecified atom stereocenters. The highest BCUT2D eigenvalue weighted by molar-refractivity contribution is 7.90. The molecule has 0 saturated heterocycles. The Morgan fingerprint density at radius 3 is 2.43 bits per heavy atom. The predicted octanol–water partition coefficient (Wildman–Crippen LogP) is 8.11. The van der Waals surface area contributed by atoms with Crippen LogP contribution in [0.25, 0.3) is 33.3 Å². The number of carbonyl (C=O) groups is 1. The number of esters is 1. The van der Waals surface area contributed by atoms with Gasteiger partial charge in [-0.05, 0) is 53.9 Å². The minimum atomic E-state index is -3.21. The van der Waals surface area contributed by atoms with Crippen molar-refractivity contribution in [3.8, 4) is 28.1 Å². The van der Waals surface area contributed by atoms with Crippen LogP contribution in [0.4, 0.5) is 0 Å². The van der Waals surface area contributed by atoms with E-state index in [0.29, 0.717) is 43.8 Å². The van der Waals surface area contributed by atoms with E-state index < -0.39 is 15.8 Å². The molecule has 0 N–H and O–H groups in total. The molecule has 0 aliphatic heterocycles. The summed E-state index contributed by atoms with van der Waals surface area (Å²) in [5, 5.41) is 5.94. The molecule has 2 aromatic heterocycles. The van der Waals surface area contributed by atoms with Gasteiger partial charge in [-0.25, -0.2) is 13.2 Å². The lowest BCUT2D eigenvalue weighted by atomic mass is 9.98. The first-order valence-corrected chi connectivity index (χ1v) is 16.7. The van der Waals surface area contributed by atoms with E-state index in [1.54, 1.807) is 29.0 Å². The van der Waals surface area contributed by atoms with Gasteiger partial charge in [-0.3, -0.25) is 0 Å². The average Bonchev–Trinajstić information content (AvgIpc) is 3.55. The fourth-order valence-electron chi connectivity index (χ4n) is 5.22. The van der Waals surface area contributed by atoms with Gasteiger partial charge in [0, 0.05) is 41.4 Å². The van der Waals surface area contributed by atoms with E-state index in [4.69, 9.17) is 37.2 Å². The molecule has 0 saturated carbocycles. The molecule has 8 nitrogen and oxygen atoms in total. The van der Waals surface area contributed by atoms with Crippen LogP contribution in [-0.2, 0) is 27.7 Å². The summed E-state index contributed by atoms with van der Waals surface area (Å²) in [6.07, 6.45) is 2.84. The second-order valence-corrected chi connectivity index (χ2v) is 14.1. The van der Waals surface area contributed by atoms with Crippen molar-refractivity contribution >= 4 is 49.9 Å². The molecule has 5 rings (SSSR count). The number of aryl methyl sites for hydroxylation is 2. The van der Waals surface area contributed by atoms with E-state index in [2.05, 4.69) is 5.16 Å². The van der Waals surface area contributed by atoms with Crippen molar-refractivity contribution in [2.45, 2.75) is 39.8 Å². The first-order valence-electron chi connectivity index (χ1n) is 13.9. The Morgan fingerprint density at radius 2 is 1.80 bits per heavy atom. The molecule has 0 fully saturated rings. The van der Waals surface area contributed by atoms with Crippen molar-refractivity contribution in [1.82, 2.24) is 9.72 Å². The molecular weight excluding hydrogens is 623 g/mol. The third kappa shape index (κ3) is 6.50. The lowest BCUT2D eigenvalue weighted by Gasteiger charge is -2.13.